The molecule has 0 aromatic heterocycles. The molecule has 0 saturated heterocycles. The molecule has 0 spiro atoms. The molecule has 0 aliphatic heterocycles. The Morgan fingerprint density at radius 2 is 2.31 bits per heavy atom. The van der Waals surface area contributed by atoms with Gasteiger partial charge in [-0.15, -0.1) is 0 Å². The fraction of sp³-hybridized carbons (Fsp3) is 0.222. The minimum absolute atomic E-state index is 0.117. The molecule has 0 fully saturated rings. The Morgan fingerprint density at radius 1 is 1.62 bits per heavy atom. The summed E-state index contributed by atoms with van der Waals surface area (Å²) in [7, 11) is 1.67. The SMILES string of the molecule is CNCC(=O)c1ccc(Br)c(F)c1. The van der Waals surface area contributed by atoms with Crippen LogP contribution in [0.4, 0.5) is 4.39 Å². The minimum Gasteiger partial charge on any atom is -0.313 e. The van der Waals surface area contributed by atoms with Gasteiger partial charge in [-0.2, -0.15) is 0 Å². The van der Waals surface area contributed by atoms with Crippen LogP contribution in [0.1, 0.15) is 10.4 Å². The van der Waals surface area contributed by atoms with Crippen LogP contribution in [0.2, 0.25) is 0 Å². The molecule has 0 saturated carbocycles. The van der Waals surface area contributed by atoms with Gasteiger partial charge in [0, 0.05) is 5.56 Å². The van der Waals surface area contributed by atoms with Crippen LogP contribution in [-0.4, -0.2) is 19.4 Å². The molecule has 0 atom stereocenters. The third kappa shape index (κ3) is 2.60. The van der Waals surface area contributed by atoms with Crippen LogP contribution >= 0.6 is 15.9 Å². The third-order valence-corrected chi connectivity index (χ3v) is 2.22. The molecule has 13 heavy (non-hydrogen) atoms. The topological polar surface area (TPSA) is 29.1 Å². The van der Waals surface area contributed by atoms with E-state index >= 15 is 0 Å². The quantitative estimate of drug-likeness (QED) is 0.826. The summed E-state index contributed by atoms with van der Waals surface area (Å²) in [5.41, 5.74) is 0.384. The molecule has 0 unspecified atom stereocenters. The van der Waals surface area contributed by atoms with Gasteiger partial charge >= 0.3 is 0 Å². The van der Waals surface area contributed by atoms with Gasteiger partial charge in [0.1, 0.15) is 5.82 Å². The van der Waals surface area contributed by atoms with Crippen molar-refractivity contribution in [1.82, 2.24) is 5.32 Å². The van der Waals surface area contributed by atoms with Gasteiger partial charge in [0.2, 0.25) is 0 Å². The zero-order chi connectivity index (χ0) is 9.84. The van der Waals surface area contributed by atoms with E-state index in [0.717, 1.165) is 0 Å². The molecular weight excluding hydrogens is 237 g/mol. The summed E-state index contributed by atoms with van der Waals surface area (Å²) in [6, 6.07) is 4.34. The number of ketones is 1. The lowest BCUT2D eigenvalue weighted by molar-refractivity contribution is 0.0993. The van der Waals surface area contributed by atoms with Gasteiger partial charge in [-0.3, -0.25) is 4.79 Å². The van der Waals surface area contributed by atoms with Crippen molar-refractivity contribution >= 4 is 21.7 Å². The number of hydrogen-bond donors (Lipinski definition) is 1. The van der Waals surface area contributed by atoms with Crippen LogP contribution in [0.5, 0.6) is 0 Å². The fourth-order valence-corrected chi connectivity index (χ4v) is 1.18. The maximum Gasteiger partial charge on any atom is 0.176 e. The first-order valence-corrected chi connectivity index (χ1v) is 4.57. The molecule has 4 heteroatoms. The molecule has 1 N–H and O–H groups in total. The van der Waals surface area contributed by atoms with Crippen molar-refractivity contribution in [3.05, 3.63) is 34.1 Å². The first-order chi connectivity index (χ1) is 6.15. The number of rotatable bonds is 3. The highest BCUT2D eigenvalue weighted by atomic mass is 79.9. The third-order valence-electron chi connectivity index (χ3n) is 1.58. The van der Waals surface area contributed by atoms with Crippen molar-refractivity contribution in [2.24, 2.45) is 0 Å². The molecule has 0 amide bonds. The Morgan fingerprint density at radius 3 is 2.85 bits per heavy atom. The number of likely N-dealkylation sites (N-methyl/N-ethyl adjacent to an activating group) is 1. The standard InChI is InChI=1S/C9H9BrFNO/c1-12-5-9(13)6-2-3-7(10)8(11)4-6/h2-4,12H,5H2,1H3. The fourth-order valence-electron chi connectivity index (χ4n) is 0.932. The minimum atomic E-state index is -0.415. The van der Waals surface area contributed by atoms with Crippen molar-refractivity contribution in [1.29, 1.82) is 0 Å². The van der Waals surface area contributed by atoms with Crippen LogP contribution in [0.3, 0.4) is 0 Å². The first-order valence-electron chi connectivity index (χ1n) is 3.78. The molecule has 0 heterocycles. The molecule has 70 valence electrons. The average Bonchev–Trinajstić information content (AvgIpc) is 2.10. The lowest BCUT2D eigenvalue weighted by atomic mass is 10.1. The molecular formula is C9H9BrFNO. The van der Waals surface area contributed by atoms with E-state index in [1.54, 1.807) is 13.1 Å². The zero-order valence-electron chi connectivity index (χ0n) is 7.10. The summed E-state index contributed by atoms with van der Waals surface area (Å²) in [6.07, 6.45) is 0. The predicted octanol–water partition coefficient (Wildman–Crippen LogP) is 1.99. The molecule has 0 aliphatic rings. The summed E-state index contributed by atoms with van der Waals surface area (Å²) in [5.74, 6) is -0.532. The Hall–Kier alpha value is -0.740. The van der Waals surface area contributed by atoms with E-state index in [1.807, 2.05) is 0 Å². The molecule has 0 aliphatic carbocycles. The lowest BCUT2D eigenvalue weighted by Crippen LogP contribution is -2.18. The van der Waals surface area contributed by atoms with E-state index in [9.17, 15) is 9.18 Å². The van der Waals surface area contributed by atoms with Crippen molar-refractivity contribution in [3.8, 4) is 0 Å². The van der Waals surface area contributed by atoms with Crippen molar-refractivity contribution in [3.63, 3.8) is 0 Å². The van der Waals surface area contributed by atoms with Gasteiger partial charge in [-0.25, -0.2) is 4.39 Å². The van der Waals surface area contributed by atoms with Crippen LogP contribution in [0, 0.1) is 5.82 Å². The van der Waals surface area contributed by atoms with Gasteiger partial charge in [-0.1, -0.05) is 6.07 Å². The lowest BCUT2D eigenvalue weighted by Gasteiger charge is -2.00. The van der Waals surface area contributed by atoms with Crippen molar-refractivity contribution in [2.45, 2.75) is 0 Å². The van der Waals surface area contributed by atoms with Gasteiger partial charge in [0.05, 0.1) is 11.0 Å². The second-order valence-electron chi connectivity index (χ2n) is 2.58. The molecule has 2 nitrogen and oxygen atoms in total. The number of benzene rings is 1. The molecule has 1 rings (SSSR count). The highest BCUT2D eigenvalue weighted by molar-refractivity contribution is 9.10. The van der Waals surface area contributed by atoms with Gasteiger partial charge < -0.3 is 5.32 Å². The molecule has 0 radical (unpaired) electrons. The maximum absolute atomic E-state index is 13.0. The monoisotopic (exact) mass is 245 g/mol. The van der Waals surface area contributed by atoms with Crippen LogP contribution in [-0.2, 0) is 0 Å². The molecule has 1 aromatic carbocycles. The van der Waals surface area contributed by atoms with Gasteiger partial charge in [-0.05, 0) is 35.1 Å². The Balaban J connectivity index is 2.90. The summed E-state index contributed by atoms with van der Waals surface area (Å²) in [4.78, 5) is 11.3. The van der Waals surface area contributed by atoms with E-state index in [2.05, 4.69) is 21.2 Å². The van der Waals surface area contributed by atoms with E-state index in [4.69, 9.17) is 0 Å². The normalized spacial score (nSPS) is 10.1. The summed E-state index contributed by atoms with van der Waals surface area (Å²) in [5, 5.41) is 2.72. The van der Waals surface area contributed by atoms with E-state index in [0.29, 0.717) is 10.0 Å². The number of nitrogens with one attached hydrogen (secondary N) is 1. The van der Waals surface area contributed by atoms with E-state index < -0.39 is 5.82 Å². The van der Waals surface area contributed by atoms with Crippen LogP contribution < -0.4 is 5.32 Å². The Kier molecular flexibility index (Phi) is 3.57. The van der Waals surface area contributed by atoms with E-state index in [-0.39, 0.29) is 12.3 Å². The molecule has 0 bridgehead atoms. The summed E-state index contributed by atoms with van der Waals surface area (Å²) in [6.45, 7) is 0.223. The highest BCUT2D eigenvalue weighted by Crippen LogP contribution is 2.16. The number of halogens is 2. The number of carbonyl (C=O) groups is 1. The highest BCUT2D eigenvalue weighted by Gasteiger charge is 2.06. The van der Waals surface area contributed by atoms with Gasteiger partial charge in [0.25, 0.3) is 0 Å². The number of Topliss-reactive ketones (excluding diaryl/α,β-unsaturated/α-hetero) is 1. The largest absolute Gasteiger partial charge is 0.313 e. The maximum atomic E-state index is 13.0. The molecule has 1 aromatic rings. The van der Waals surface area contributed by atoms with Crippen molar-refractivity contribution < 1.29 is 9.18 Å². The summed E-state index contributed by atoms with van der Waals surface area (Å²) >= 11 is 3.02. The Bertz CT molecular complexity index is 327. The van der Waals surface area contributed by atoms with E-state index in [1.165, 1.54) is 12.1 Å². The number of hydrogen-bond acceptors (Lipinski definition) is 2. The van der Waals surface area contributed by atoms with Gasteiger partial charge in [0.15, 0.2) is 5.78 Å². The smallest absolute Gasteiger partial charge is 0.176 e. The van der Waals surface area contributed by atoms with Crippen LogP contribution in [0.15, 0.2) is 22.7 Å². The second-order valence-corrected chi connectivity index (χ2v) is 3.44. The van der Waals surface area contributed by atoms with Crippen LogP contribution in [0.25, 0.3) is 0 Å². The van der Waals surface area contributed by atoms with Crippen molar-refractivity contribution in [2.75, 3.05) is 13.6 Å². The zero-order valence-corrected chi connectivity index (χ0v) is 8.69. The predicted molar refractivity (Wildman–Crippen MR) is 52.4 cm³/mol. The second kappa shape index (κ2) is 4.48. The average molecular weight is 246 g/mol. The Labute approximate surface area is 84.3 Å². The first kappa shape index (κ1) is 10.3. The number of carbonyl (C=O) groups excluding carboxylic acids is 1. The summed E-state index contributed by atoms with van der Waals surface area (Å²) < 4.78 is 13.3.